The largest absolute Gasteiger partial charge is 0.507 e. The normalized spacial score (nSPS) is 16.0. The molecule has 1 fully saturated rings. The molecule has 1 aliphatic rings. The zero-order valence-corrected chi connectivity index (χ0v) is 7.90. The maximum atomic E-state index is 9.70. The summed E-state index contributed by atoms with van der Waals surface area (Å²) >= 11 is 0. The molecule has 0 bridgehead atoms. The summed E-state index contributed by atoms with van der Waals surface area (Å²) < 4.78 is 0. The lowest BCUT2D eigenvalue weighted by Crippen LogP contribution is -1.83. The van der Waals surface area contributed by atoms with Crippen LogP contribution in [0.25, 0.3) is 10.8 Å². The summed E-state index contributed by atoms with van der Waals surface area (Å²) in [5.74, 6) is 1.13. The molecule has 0 aromatic heterocycles. The van der Waals surface area contributed by atoms with Gasteiger partial charge in [-0.15, -0.1) is 0 Å². The predicted molar refractivity (Wildman–Crippen MR) is 57.6 cm³/mol. The van der Waals surface area contributed by atoms with E-state index in [-0.39, 0.29) is 0 Å². The van der Waals surface area contributed by atoms with Crippen molar-refractivity contribution in [2.75, 3.05) is 0 Å². The molecule has 70 valence electrons. The third kappa shape index (κ3) is 1.09. The molecule has 0 heterocycles. The van der Waals surface area contributed by atoms with Crippen LogP contribution < -0.4 is 0 Å². The minimum absolute atomic E-state index is 0.394. The van der Waals surface area contributed by atoms with Crippen molar-refractivity contribution < 1.29 is 5.11 Å². The van der Waals surface area contributed by atoms with Gasteiger partial charge in [-0.05, 0) is 35.8 Å². The highest BCUT2D eigenvalue weighted by Gasteiger charge is 2.25. The number of hydrogen-bond donors (Lipinski definition) is 1. The van der Waals surface area contributed by atoms with Crippen molar-refractivity contribution in [2.45, 2.75) is 18.8 Å². The van der Waals surface area contributed by atoms with Gasteiger partial charge in [0.2, 0.25) is 0 Å². The van der Waals surface area contributed by atoms with E-state index in [9.17, 15) is 5.11 Å². The van der Waals surface area contributed by atoms with E-state index >= 15 is 0 Å². The van der Waals surface area contributed by atoms with Crippen molar-refractivity contribution >= 4 is 10.8 Å². The molecule has 0 unspecified atom stereocenters. The number of aromatic hydroxyl groups is 1. The highest BCUT2D eigenvalue weighted by atomic mass is 16.3. The summed E-state index contributed by atoms with van der Waals surface area (Å²) in [7, 11) is 0. The van der Waals surface area contributed by atoms with Gasteiger partial charge in [-0.3, -0.25) is 0 Å². The molecule has 2 aromatic rings. The van der Waals surface area contributed by atoms with Gasteiger partial charge in [0.25, 0.3) is 0 Å². The van der Waals surface area contributed by atoms with Crippen LogP contribution >= 0.6 is 0 Å². The van der Waals surface area contributed by atoms with Gasteiger partial charge in [-0.25, -0.2) is 0 Å². The Hall–Kier alpha value is -1.50. The second kappa shape index (κ2) is 2.74. The molecular formula is C13H12O. The van der Waals surface area contributed by atoms with E-state index in [2.05, 4.69) is 12.1 Å². The van der Waals surface area contributed by atoms with Crippen LogP contribution in [0.2, 0.25) is 0 Å². The topological polar surface area (TPSA) is 20.2 Å². The Morgan fingerprint density at radius 1 is 0.929 bits per heavy atom. The molecule has 0 atom stereocenters. The maximum absolute atomic E-state index is 9.70. The lowest BCUT2D eigenvalue weighted by atomic mass is 10.0. The van der Waals surface area contributed by atoms with Crippen LogP contribution in [-0.2, 0) is 0 Å². The Morgan fingerprint density at radius 3 is 2.36 bits per heavy atom. The van der Waals surface area contributed by atoms with Crippen LogP contribution in [0.4, 0.5) is 0 Å². The highest BCUT2D eigenvalue weighted by Crippen LogP contribution is 2.44. The third-order valence-corrected chi connectivity index (χ3v) is 2.95. The Morgan fingerprint density at radius 2 is 1.64 bits per heavy atom. The monoisotopic (exact) mass is 184 g/mol. The Bertz CT molecular complexity index is 484. The smallest absolute Gasteiger partial charge is 0.123 e. The fourth-order valence-corrected chi connectivity index (χ4v) is 2.06. The van der Waals surface area contributed by atoms with Crippen LogP contribution in [-0.4, -0.2) is 5.11 Å². The lowest BCUT2D eigenvalue weighted by Gasteiger charge is -2.06. The minimum Gasteiger partial charge on any atom is -0.507 e. The summed E-state index contributed by atoms with van der Waals surface area (Å²) in [5, 5.41) is 11.9. The molecular weight excluding hydrogens is 172 g/mol. The molecule has 2 aromatic carbocycles. The van der Waals surface area contributed by atoms with Gasteiger partial charge in [0.1, 0.15) is 5.75 Å². The molecule has 3 rings (SSSR count). The minimum atomic E-state index is 0.394. The second-order valence-electron chi connectivity index (χ2n) is 3.99. The van der Waals surface area contributed by atoms with Crippen LogP contribution in [0.1, 0.15) is 24.3 Å². The Labute approximate surface area is 83.0 Å². The Kier molecular flexibility index (Phi) is 1.54. The maximum Gasteiger partial charge on any atom is 0.123 e. The number of fused-ring (bicyclic) bond motifs is 1. The summed E-state index contributed by atoms with van der Waals surface area (Å²) in [6.07, 6.45) is 2.60. The average Bonchev–Trinajstić information content (AvgIpc) is 3.03. The van der Waals surface area contributed by atoms with E-state index in [1.165, 1.54) is 23.8 Å². The molecule has 0 saturated heterocycles. The van der Waals surface area contributed by atoms with Gasteiger partial charge in [-0.2, -0.15) is 0 Å². The van der Waals surface area contributed by atoms with Gasteiger partial charge in [-0.1, -0.05) is 30.3 Å². The zero-order chi connectivity index (χ0) is 9.54. The summed E-state index contributed by atoms with van der Waals surface area (Å²) in [6.45, 7) is 0. The molecule has 1 nitrogen and oxygen atoms in total. The standard InChI is InChI=1S/C13H12O/c14-13-8-7-10(9-5-6-9)11-3-1-2-4-12(11)13/h1-4,7-9,14H,5-6H2. The number of rotatable bonds is 1. The molecule has 14 heavy (non-hydrogen) atoms. The van der Waals surface area contributed by atoms with Gasteiger partial charge >= 0.3 is 0 Å². The van der Waals surface area contributed by atoms with E-state index in [0.29, 0.717) is 5.75 Å². The van der Waals surface area contributed by atoms with E-state index in [1.54, 1.807) is 0 Å². The predicted octanol–water partition coefficient (Wildman–Crippen LogP) is 3.42. The second-order valence-corrected chi connectivity index (χ2v) is 3.99. The van der Waals surface area contributed by atoms with E-state index < -0.39 is 0 Å². The fourth-order valence-electron chi connectivity index (χ4n) is 2.06. The first-order valence-electron chi connectivity index (χ1n) is 5.07. The van der Waals surface area contributed by atoms with Crippen molar-refractivity contribution in [3.05, 3.63) is 42.0 Å². The van der Waals surface area contributed by atoms with E-state index in [0.717, 1.165) is 11.3 Å². The average molecular weight is 184 g/mol. The van der Waals surface area contributed by atoms with Crippen molar-refractivity contribution in [1.82, 2.24) is 0 Å². The molecule has 0 spiro atoms. The Balaban J connectivity index is 2.35. The number of phenolic OH excluding ortho intramolecular Hbond substituents is 1. The number of hydrogen-bond acceptors (Lipinski definition) is 1. The number of phenols is 1. The van der Waals surface area contributed by atoms with Crippen molar-refractivity contribution in [1.29, 1.82) is 0 Å². The third-order valence-electron chi connectivity index (χ3n) is 2.95. The van der Waals surface area contributed by atoms with Crippen LogP contribution in [0.5, 0.6) is 5.75 Å². The highest BCUT2D eigenvalue weighted by molar-refractivity contribution is 5.91. The SMILES string of the molecule is Oc1ccc(C2CC2)c2ccccc12. The quantitative estimate of drug-likeness (QED) is 0.720. The van der Waals surface area contributed by atoms with Gasteiger partial charge in [0, 0.05) is 5.39 Å². The van der Waals surface area contributed by atoms with Gasteiger partial charge in [0.05, 0.1) is 0 Å². The van der Waals surface area contributed by atoms with Crippen LogP contribution in [0.3, 0.4) is 0 Å². The molecule has 1 heteroatoms. The molecule has 0 radical (unpaired) electrons. The lowest BCUT2D eigenvalue weighted by molar-refractivity contribution is 0.481. The van der Waals surface area contributed by atoms with Crippen LogP contribution in [0, 0.1) is 0 Å². The summed E-state index contributed by atoms with van der Waals surface area (Å²) in [4.78, 5) is 0. The fraction of sp³-hybridized carbons (Fsp3) is 0.231. The van der Waals surface area contributed by atoms with Gasteiger partial charge in [0.15, 0.2) is 0 Å². The van der Waals surface area contributed by atoms with Crippen molar-refractivity contribution in [3.63, 3.8) is 0 Å². The first kappa shape index (κ1) is 7.86. The summed E-state index contributed by atoms with van der Waals surface area (Å²) in [6, 6.07) is 12.0. The molecule has 0 aliphatic heterocycles. The van der Waals surface area contributed by atoms with Crippen molar-refractivity contribution in [2.24, 2.45) is 0 Å². The zero-order valence-electron chi connectivity index (χ0n) is 7.90. The van der Waals surface area contributed by atoms with Crippen molar-refractivity contribution in [3.8, 4) is 5.75 Å². The molecule has 1 aliphatic carbocycles. The van der Waals surface area contributed by atoms with E-state index in [4.69, 9.17) is 0 Å². The van der Waals surface area contributed by atoms with Gasteiger partial charge < -0.3 is 5.11 Å². The molecule has 1 N–H and O–H groups in total. The summed E-state index contributed by atoms with van der Waals surface area (Å²) in [5.41, 5.74) is 1.40. The molecule has 0 amide bonds. The number of benzene rings is 2. The van der Waals surface area contributed by atoms with Crippen LogP contribution in [0.15, 0.2) is 36.4 Å². The first-order valence-corrected chi connectivity index (χ1v) is 5.07. The molecule has 1 saturated carbocycles. The first-order chi connectivity index (χ1) is 6.86. The van der Waals surface area contributed by atoms with E-state index in [1.807, 2.05) is 24.3 Å².